The van der Waals surface area contributed by atoms with Crippen LogP contribution < -0.4 is 10.1 Å². The number of carbonyl (C=O) groups excluding carboxylic acids is 1. The third kappa shape index (κ3) is 7.12. The van der Waals surface area contributed by atoms with E-state index in [9.17, 15) is 18.7 Å². The average Bonchev–Trinajstić information content (AvgIpc) is 3.53. The van der Waals surface area contributed by atoms with E-state index in [0.717, 1.165) is 36.2 Å². The van der Waals surface area contributed by atoms with Gasteiger partial charge in [0.15, 0.2) is 0 Å². The van der Waals surface area contributed by atoms with Crippen LogP contribution in [0.1, 0.15) is 51.8 Å². The molecule has 1 aliphatic rings. The van der Waals surface area contributed by atoms with E-state index in [1.165, 1.54) is 12.1 Å². The molecular formula is C27H32F2N4O4. The van der Waals surface area contributed by atoms with Gasteiger partial charge in [-0.25, -0.2) is 0 Å². The number of carbonyl (C=O) groups is 1. The molecule has 1 aliphatic heterocycles. The van der Waals surface area contributed by atoms with Crippen molar-refractivity contribution >= 4 is 5.91 Å². The molecule has 10 heteroatoms. The van der Waals surface area contributed by atoms with E-state index in [1.807, 2.05) is 30.3 Å². The monoisotopic (exact) mass is 514 g/mol. The lowest BCUT2D eigenvalue weighted by Gasteiger charge is -2.21. The van der Waals surface area contributed by atoms with Crippen LogP contribution in [0, 0.1) is 0 Å². The van der Waals surface area contributed by atoms with Gasteiger partial charge >= 0.3 is 6.61 Å². The van der Waals surface area contributed by atoms with E-state index in [-0.39, 0.29) is 23.7 Å². The molecule has 0 bridgehead atoms. The van der Waals surface area contributed by atoms with E-state index >= 15 is 0 Å². The third-order valence-electron chi connectivity index (χ3n) is 6.52. The summed E-state index contributed by atoms with van der Waals surface area (Å²) < 4.78 is 34.1. The van der Waals surface area contributed by atoms with Crippen LogP contribution in [0.15, 0.2) is 54.6 Å². The minimum atomic E-state index is -2.88. The van der Waals surface area contributed by atoms with Crippen molar-refractivity contribution in [3.8, 4) is 5.75 Å². The van der Waals surface area contributed by atoms with Gasteiger partial charge in [0, 0.05) is 31.8 Å². The molecule has 0 spiro atoms. The second kappa shape index (κ2) is 12.3. The second-order valence-corrected chi connectivity index (χ2v) is 9.32. The molecule has 2 heterocycles. The number of aromatic amines is 1. The zero-order chi connectivity index (χ0) is 26.4. The molecule has 2 aromatic carbocycles. The zero-order valence-electron chi connectivity index (χ0n) is 20.9. The molecule has 1 unspecified atom stereocenters. The first-order chi connectivity index (χ1) is 17.8. The molecule has 1 saturated heterocycles. The lowest BCUT2D eigenvalue weighted by molar-refractivity contribution is -0.0498. The molecule has 4 rings (SSSR count). The molecular weight excluding hydrogens is 482 g/mol. The van der Waals surface area contributed by atoms with Gasteiger partial charge < -0.3 is 24.8 Å². The summed E-state index contributed by atoms with van der Waals surface area (Å²) in [5.41, 5.74) is 3.97. The maximum Gasteiger partial charge on any atom is 0.387 e. The first-order valence-electron chi connectivity index (χ1n) is 12.2. The molecule has 198 valence electrons. The number of alkyl halides is 2. The van der Waals surface area contributed by atoms with Crippen molar-refractivity contribution in [2.24, 2.45) is 0 Å². The van der Waals surface area contributed by atoms with Crippen molar-refractivity contribution in [2.45, 2.75) is 57.2 Å². The highest BCUT2D eigenvalue weighted by molar-refractivity contribution is 5.94. The van der Waals surface area contributed by atoms with Gasteiger partial charge in [-0.05, 0) is 60.7 Å². The SMILES string of the molecule is COCc1cc(CN(C)C(=O)c2ccc(C[C@@H]3CC[C@H](C(O)c4ccc(OC(F)F)cc4)N3)cc2)[nH]n1. The van der Waals surface area contributed by atoms with Crippen LogP contribution in [-0.4, -0.2) is 59.0 Å². The number of methoxy groups -OCH3 is 1. The normalized spacial score (nSPS) is 18.2. The lowest BCUT2D eigenvalue weighted by atomic mass is 10.0. The van der Waals surface area contributed by atoms with Gasteiger partial charge in [-0.2, -0.15) is 13.9 Å². The van der Waals surface area contributed by atoms with Gasteiger partial charge in [-0.1, -0.05) is 24.3 Å². The van der Waals surface area contributed by atoms with Gasteiger partial charge in [-0.3, -0.25) is 9.89 Å². The van der Waals surface area contributed by atoms with E-state index in [1.54, 1.807) is 31.2 Å². The number of H-pyrrole nitrogens is 1. The highest BCUT2D eigenvalue weighted by atomic mass is 19.3. The molecule has 1 aromatic heterocycles. The molecule has 37 heavy (non-hydrogen) atoms. The van der Waals surface area contributed by atoms with Crippen LogP contribution in [0.3, 0.4) is 0 Å². The van der Waals surface area contributed by atoms with Crippen LogP contribution in [0.5, 0.6) is 5.75 Å². The average molecular weight is 515 g/mol. The van der Waals surface area contributed by atoms with Gasteiger partial charge in [-0.15, -0.1) is 0 Å². The highest BCUT2D eigenvalue weighted by Crippen LogP contribution is 2.28. The van der Waals surface area contributed by atoms with Crippen LogP contribution >= 0.6 is 0 Å². The van der Waals surface area contributed by atoms with Crippen molar-refractivity contribution in [3.63, 3.8) is 0 Å². The summed E-state index contributed by atoms with van der Waals surface area (Å²) in [4.78, 5) is 14.5. The second-order valence-electron chi connectivity index (χ2n) is 9.32. The van der Waals surface area contributed by atoms with Crippen LogP contribution in [0.2, 0.25) is 0 Å². The standard InChI is InChI=1S/C27H32F2N4O4/c1-33(15-21-14-22(16-36-2)32-31-21)26(35)19-5-3-17(4-6-19)13-20-9-12-24(30-20)25(34)18-7-10-23(11-8-18)37-27(28)29/h3-8,10-11,14,20,24-25,27,30,34H,9,12-13,15-16H2,1-2H3,(H,31,32)/t20-,24+,25?/m0/s1. The Bertz CT molecular complexity index is 1150. The van der Waals surface area contributed by atoms with Gasteiger partial charge in [0.2, 0.25) is 0 Å². The summed E-state index contributed by atoms with van der Waals surface area (Å²) in [5, 5.41) is 21.3. The number of hydrogen-bond acceptors (Lipinski definition) is 6. The first-order valence-corrected chi connectivity index (χ1v) is 12.2. The quantitative estimate of drug-likeness (QED) is 0.360. The van der Waals surface area contributed by atoms with Crippen LogP contribution in [-0.2, 0) is 24.3 Å². The molecule has 3 aromatic rings. The fourth-order valence-corrected chi connectivity index (χ4v) is 4.67. The molecule has 3 atom stereocenters. The Morgan fingerprint density at radius 1 is 1.16 bits per heavy atom. The van der Waals surface area contributed by atoms with E-state index < -0.39 is 12.7 Å². The number of nitrogens with one attached hydrogen (secondary N) is 2. The number of aromatic nitrogens is 2. The number of rotatable bonds is 11. The fourth-order valence-electron chi connectivity index (χ4n) is 4.67. The highest BCUT2D eigenvalue weighted by Gasteiger charge is 2.30. The number of ether oxygens (including phenoxy) is 2. The number of halogens is 2. The third-order valence-corrected chi connectivity index (χ3v) is 6.52. The van der Waals surface area contributed by atoms with Crippen LogP contribution in [0.4, 0.5) is 8.78 Å². The zero-order valence-corrected chi connectivity index (χ0v) is 20.9. The van der Waals surface area contributed by atoms with Crippen molar-refractivity contribution in [3.05, 3.63) is 82.7 Å². The van der Waals surface area contributed by atoms with E-state index in [4.69, 9.17) is 4.74 Å². The van der Waals surface area contributed by atoms with Crippen LogP contribution in [0.25, 0.3) is 0 Å². The maximum atomic E-state index is 12.8. The summed E-state index contributed by atoms with van der Waals surface area (Å²) in [7, 11) is 3.36. The van der Waals surface area contributed by atoms with Crippen molar-refractivity contribution in [1.29, 1.82) is 0 Å². The molecule has 1 amide bonds. The largest absolute Gasteiger partial charge is 0.435 e. The fraction of sp³-hybridized carbons (Fsp3) is 0.407. The predicted octanol–water partition coefficient (Wildman–Crippen LogP) is 3.83. The number of benzene rings is 2. The summed E-state index contributed by atoms with van der Waals surface area (Å²) in [5.74, 6) is -0.0181. The molecule has 3 N–H and O–H groups in total. The van der Waals surface area contributed by atoms with Crippen molar-refractivity contribution in [1.82, 2.24) is 20.4 Å². The number of hydrogen-bond donors (Lipinski definition) is 3. The van der Waals surface area contributed by atoms with Gasteiger partial charge in [0.25, 0.3) is 5.91 Å². The van der Waals surface area contributed by atoms with Crippen molar-refractivity contribution in [2.75, 3.05) is 14.2 Å². The van der Waals surface area contributed by atoms with Gasteiger partial charge in [0.05, 0.1) is 30.6 Å². The minimum absolute atomic E-state index is 0.0638. The topological polar surface area (TPSA) is 99.7 Å². The Morgan fingerprint density at radius 2 is 1.89 bits per heavy atom. The molecule has 1 fully saturated rings. The Kier molecular flexibility index (Phi) is 8.86. The summed E-state index contributed by atoms with van der Waals surface area (Å²) in [6.07, 6.45) is 1.71. The molecule has 0 radical (unpaired) electrons. The number of aliphatic hydroxyl groups is 1. The summed E-state index contributed by atoms with van der Waals surface area (Å²) in [6, 6.07) is 15.6. The number of amides is 1. The predicted molar refractivity (Wildman–Crippen MR) is 133 cm³/mol. The van der Waals surface area contributed by atoms with E-state index in [2.05, 4.69) is 20.3 Å². The molecule has 8 nitrogen and oxygen atoms in total. The summed E-state index contributed by atoms with van der Waals surface area (Å²) >= 11 is 0. The smallest absolute Gasteiger partial charge is 0.387 e. The Labute approximate surface area is 214 Å². The summed E-state index contributed by atoms with van der Waals surface area (Å²) in [6.45, 7) is -2.05. The molecule has 0 saturated carbocycles. The Balaban J connectivity index is 1.27. The Hall–Kier alpha value is -3.34. The van der Waals surface area contributed by atoms with Crippen molar-refractivity contribution < 1.29 is 28.2 Å². The first kappa shape index (κ1) is 26.7. The maximum absolute atomic E-state index is 12.8. The Morgan fingerprint density at radius 3 is 2.57 bits per heavy atom. The van der Waals surface area contributed by atoms with Gasteiger partial charge in [0.1, 0.15) is 5.75 Å². The lowest BCUT2D eigenvalue weighted by Crippen LogP contribution is -2.35. The molecule has 0 aliphatic carbocycles. The minimum Gasteiger partial charge on any atom is -0.435 e. The number of nitrogens with zero attached hydrogens (tertiary/aromatic N) is 2. The number of aliphatic hydroxyl groups excluding tert-OH is 1. The van der Waals surface area contributed by atoms with E-state index in [0.29, 0.717) is 24.3 Å².